The molecule has 3 aromatic heterocycles. The Morgan fingerprint density at radius 1 is 0.978 bits per heavy atom. The van der Waals surface area contributed by atoms with E-state index in [1.807, 2.05) is 50.2 Å². The number of aryl methyl sites for hydroxylation is 2. The Balaban J connectivity index is 0.00000288. The summed E-state index contributed by atoms with van der Waals surface area (Å²) in [5.74, 6) is 0.935. The van der Waals surface area contributed by atoms with E-state index < -0.39 is 5.41 Å². The van der Waals surface area contributed by atoms with Gasteiger partial charge in [0.1, 0.15) is 22.5 Å². The van der Waals surface area contributed by atoms with Gasteiger partial charge in [-0.1, -0.05) is 0 Å². The summed E-state index contributed by atoms with van der Waals surface area (Å²) in [6, 6.07) is 13.2. The number of furan rings is 1. The Bertz CT molecular complexity index is 1710. The van der Waals surface area contributed by atoms with E-state index in [4.69, 9.17) is 9.15 Å². The van der Waals surface area contributed by atoms with Gasteiger partial charge in [-0.3, -0.25) is 19.4 Å². The number of anilines is 2. The predicted octanol–water partition coefficient (Wildman–Crippen LogP) is 6.08. The summed E-state index contributed by atoms with van der Waals surface area (Å²) < 4.78 is 13.4. The zero-order chi connectivity index (χ0) is 31.4. The summed E-state index contributed by atoms with van der Waals surface area (Å²) in [5, 5.41) is 4.25. The number of nitrogens with one attached hydrogen (secondary N) is 1. The van der Waals surface area contributed by atoms with Crippen LogP contribution in [0.25, 0.3) is 11.0 Å². The minimum Gasteiger partial charge on any atom is -0.494 e. The number of hydrogen-bond donors (Lipinski definition) is 1. The number of aromatic nitrogens is 2. The van der Waals surface area contributed by atoms with Gasteiger partial charge in [0.2, 0.25) is 11.8 Å². The van der Waals surface area contributed by atoms with Crippen LogP contribution in [0, 0.1) is 12.3 Å². The maximum atomic E-state index is 13.1. The monoisotopic (exact) mass is 671 g/mol. The van der Waals surface area contributed by atoms with E-state index in [1.54, 1.807) is 59.9 Å². The fourth-order valence-corrected chi connectivity index (χ4v) is 5.79. The number of halogens is 2. The van der Waals surface area contributed by atoms with Gasteiger partial charge in [-0.2, -0.15) is 0 Å². The molecule has 0 aliphatic carbocycles. The molecule has 2 amide bonds. The van der Waals surface area contributed by atoms with Crippen molar-refractivity contribution in [2.24, 2.45) is 5.41 Å². The molecule has 0 saturated carbocycles. The largest absolute Gasteiger partial charge is 0.494 e. The van der Waals surface area contributed by atoms with Crippen molar-refractivity contribution in [3.05, 3.63) is 82.7 Å². The third-order valence-electron chi connectivity index (χ3n) is 8.31. The van der Waals surface area contributed by atoms with E-state index in [0.717, 1.165) is 37.1 Å². The van der Waals surface area contributed by atoms with Crippen LogP contribution in [0.1, 0.15) is 57.4 Å². The molecule has 12 heteroatoms. The van der Waals surface area contributed by atoms with Crippen LogP contribution in [0.2, 0.25) is 0 Å². The normalized spacial score (nSPS) is 14.7. The number of pyridine rings is 2. The first kappa shape index (κ1) is 36.6. The van der Waals surface area contributed by atoms with Crippen LogP contribution in [-0.4, -0.2) is 48.1 Å². The SMILES string of the molecule is CCN1C(=O)C(C)(C)C(=O)N(C)c2cc(OCCCCNC(CCn3ccc4oc(C)cc4c3=O)c3ccncc3)ccc21.Cl.Cl. The van der Waals surface area contributed by atoms with Crippen LogP contribution in [0.15, 0.2) is 70.3 Å². The van der Waals surface area contributed by atoms with Crippen LogP contribution >= 0.6 is 24.8 Å². The fourth-order valence-electron chi connectivity index (χ4n) is 5.79. The lowest BCUT2D eigenvalue weighted by atomic mass is 9.90. The molecule has 0 bridgehead atoms. The first-order valence-corrected chi connectivity index (χ1v) is 15.2. The Morgan fingerprint density at radius 3 is 2.43 bits per heavy atom. The molecule has 1 aliphatic heterocycles. The molecule has 4 aromatic rings. The zero-order valence-electron chi connectivity index (χ0n) is 26.9. The van der Waals surface area contributed by atoms with Crippen molar-refractivity contribution < 1.29 is 18.7 Å². The van der Waals surface area contributed by atoms with E-state index in [1.165, 1.54) is 0 Å². The summed E-state index contributed by atoms with van der Waals surface area (Å²) >= 11 is 0. The molecule has 4 heterocycles. The molecular formula is C34H43Cl2N5O5. The summed E-state index contributed by atoms with van der Waals surface area (Å²) in [4.78, 5) is 46.6. The summed E-state index contributed by atoms with van der Waals surface area (Å²) in [6.45, 7) is 9.43. The highest BCUT2D eigenvalue weighted by Crippen LogP contribution is 2.40. The average molecular weight is 673 g/mol. The molecule has 1 aromatic carbocycles. The predicted molar refractivity (Wildman–Crippen MR) is 186 cm³/mol. The van der Waals surface area contributed by atoms with Gasteiger partial charge in [0, 0.05) is 50.8 Å². The fraction of sp³-hybridized carbons (Fsp3) is 0.412. The van der Waals surface area contributed by atoms with Crippen LogP contribution in [0.3, 0.4) is 0 Å². The van der Waals surface area contributed by atoms with Crippen LogP contribution < -0.4 is 25.4 Å². The Kier molecular flexibility index (Phi) is 12.4. The maximum Gasteiger partial charge on any atom is 0.261 e. The van der Waals surface area contributed by atoms with Gasteiger partial charge in [0.05, 0.1) is 23.4 Å². The lowest BCUT2D eigenvalue weighted by Gasteiger charge is -2.27. The molecule has 1 N–H and O–H groups in total. The maximum absolute atomic E-state index is 13.1. The highest BCUT2D eigenvalue weighted by molar-refractivity contribution is 6.20. The van der Waals surface area contributed by atoms with Crippen molar-refractivity contribution in [2.75, 3.05) is 36.5 Å². The standard InChI is InChI=1S/C34H41N5O5.2ClH/c1-6-39-28-10-9-25(22-29(28)37(5)32(41)34(3,4)33(39)42)43-20-8-7-15-36-27(24-11-16-35-17-12-24)13-18-38-19-14-30-26(31(38)40)21-23(2)44-30;;/h9-12,14,16-17,19,21-22,27,36H,6-8,13,15,18,20H2,1-5H3;2*1H. The van der Waals surface area contributed by atoms with Crippen LogP contribution in [-0.2, 0) is 16.1 Å². The number of benzene rings is 1. The van der Waals surface area contributed by atoms with Gasteiger partial charge < -0.3 is 28.8 Å². The summed E-state index contributed by atoms with van der Waals surface area (Å²) in [5.41, 5.74) is 1.92. The van der Waals surface area contributed by atoms with Gasteiger partial charge in [-0.05, 0) is 95.5 Å². The lowest BCUT2D eigenvalue weighted by Crippen LogP contribution is -2.47. The number of rotatable bonds is 12. The number of ether oxygens (including phenoxy) is 1. The smallest absolute Gasteiger partial charge is 0.261 e. The van der Waals surface area contributed by atoms with E-state index >= 15 is 0 Å². The van der Waals surface area contributed by atoms with Crippen molar-refractivity contribution >= 4 is 59.0 Å². The highest BCUT2D eigenvalue weighted by atomic mass is 35.5. The molecule has 0 fully saturated rings. The average Bonchev–Trinajstić information content (AvgIpc) is 3.40. The Hall–Kier alpha value is -3.86. The van der Waals surface area contributed by atoms with Gasteiger partial charge in [0.15, 0.2) is 0 Å². The van der Waals surface area contributed by atoms with Crippen molar-refractivity contribution in [3.63, 3.8) is 0 Å². The molecule has 248 valence electrons. The van der Waals surface area contributed by atoms with Crippen molar-refractivity contribution in [2.45, 2.75) is 59.5 Å². The summed E-state index contributed by atoms with van der Waals surface area (Å²) in [6.07, 6.45) is 7.81. The zero-order valence-corrected chi connectivity index (χ0v) is 28.6. The quantitative estimate of drug-likeness (QED) is 0.144. The number of carbonyl (C=O) groups is 2. The minimum absolute atomic E-state index is 0. The number of hydrogen-bond acceptors (Lipinski definition) is 7. The van der Waals surface area contributed by atoms with Gasteiger partial charge in [0.25, 0.3) is 5.56 Å². The Morgan fingerprint density at radius 2 is 1.72 bits per heavy atom. The third-order valence-corrected chi connectivity index (χ3v) is 8.31. The molecule has 1 aliphatic rings. The molecule has 1 atom stereocenters. The van der Waals surface area contributed by atoms with E-state index in [0.29, 0.717) is 47.8 Å². The molecular weight excluding hydrogens is 629 g/mol. The number of amides is 2. The highest BCUT2D eigenvalue weighted by Gasteiger charge is 2.45. The molecule has 0 radical (unpaired) electrons. The van der Waals surface area contributed by atoms with Crippen molar-refractivity contribution in [3.8, 4) is 5.75 Å². The molecule has 0 saturated heterocycles. The number of fused-ring (bicyclic) bond motifs is 2. The van der Waals surface area contributed by atoms with Gasteiger partial charge in [-0.15, -0.1) is 24.8 Å². The first-order chi connectivity index (χ1) is 21.1. The first-order valence-electron chi connectivity index (χ1n) is 15.2. The number of unbranched alkanes of at least 4 members (excludes halogenated alkanes) is 1. The lowest BCUT2D eigenvalue weighted by molar-refractivity contribution is -0.137. The number of nitrogens with zero attached hydrogens (tertiary/aromatic N) is 4. The second kappa shape index (κ2) is 15.6. The van der Waals surface area contributed by atoms with Crippen molar-refractivity contribution in [1.29, 1.82) is 0 Å². The van der Waals surface area contributed by atoms with Crippen molar-refractivity contribution in [1.82, 2.24) is 14.9 Å². The topological polar surface area (TPSA) is 110 Å². The van der Waals surface area contributed by atoms with E-state index in [-0.39, 0.29) is 48.2 Å². The molecule has 1 unspecified atom stereocenters. The molecule has 10 nitrogen and oxygen atoms in total. The third kappa shape index (κ3) is 7.57. The van der Waals surface area contributed by atoms with Gasteiger partial charge >= 0.3 is 0 Å². The van der Waals surface area contributed by atoms with Crippen LogP contribution in [0.5, 0.6) is 5.75 Å². The van der Waals surface area contributed by atoms with E-state index in [2.05, 4.69) is 10.3 Å². The second-order valence-electron chi connectivity index (χ2n) is 11.8. The van der Waals surface area contributed by atoms with Crippen LogP contribution in [0.4, 0.5) is 11.4 Å². The van der Waals surface area contributed by atoms with Gasteiger partial charge in [-0.25, -0.2) is 0 Å². The molecule has 46 heavy (non-hydrogen) atoms. The van der Waals surface area contributed by atoms with E-state index in [9.17, 15) is 14.4 Å². The molecule has 5 rings (SSSR count). The number of carbonyl (C=O) groups excluding carboxylic acids is 2. The molecule has 0 spiro atoms. The second-order valence-corrected chi connectivity index (χ2v) is 11.8. The minimum atomic E-state index is -1.14. The summed E-state index contributed by atoms with van der Waals surface area (Å²) in [7, 11) is 1.71. The Labute approximate surface area is 281 Å².